The number of nitrogens with one attached hydrogen (secondary N) is 2. The summed E-state index contributed by atoms with van der Waals surface area (Å²) in [6.45, 7) is 2.64. The molecule has 1 saturated carbocycles. The molecule has 0 unspecified atom stereocenters. The second-order valence-electron chi connectivity index (χ2n) is 3.89. The van der Waals surface area contributed by atoms with Gasteiger partial charge in [-0.05, 0) is 12.8 Å². The van der Waals surface area contributed by atoms with Crippen molar-refractivity contribution in [1.29, 1.82) is 0 Å². The van der Waals surface area contributed by atoms with Crippen LogP contribution in [0.25, 0.3) is 0 Å². The van der Waals surface area contributed by atoms with Crippen molar-refractivity contribution in [2.24, 2.45) is 0 Å². The highest BCUT2D eigenvalue weighted by Crippen LogP contribution is 2.18. The molecule has 0 atom stereocenters. The van der Waals surface area contributed by atoms with Gasteiger partial charge in [0.1, 0.15) is 5.82 Å². The van der Waals surface area contributed by atoms with Gasteiger partial charge in [0.25, 0.3) is 0 Å². The number of aromatic nitrogens is 2. The number of carbonyl (C=O) groups excluding carboxylic acids is 1. The minimum absolute atomic E-state index is 0.121. The molecule has 1 fully saturated rings. The third-order valence-corrected chi connectivity index (χ3v) is 3.07. The van der Waals surface area contributed by atoms with E-state index in [2.05, 4.69) is 20.0 Å². The molecule has 88 valence electrons. The molecule has 1 aliphatic carbocycles. The number of hydrogen-bond acceptors (Lipinski definition) is 5. The van der Waals surface area contributed by atoms with Crippen molar-refractivity contribution >= 4 is 22.6 Å². The number of amides is 1. The van der Waals surface area contributed by atoms with Crippen molar-refractivity contribution in [2.75, 3.05) is 11.9 Å². The lowest BCUT2D eigenvalue weighted by Crippen LogP contribution is -2.27. The first-order valence-corrected chi connectivity index (χ1v) is 6.41. The molecule has 16 heavy (non-hydrogen) atoms. The zero-order valence-electron chi connectivity index (χ0n) is 9.32. The lowest BCUT2D eigenvalue weighted by Gasteiger charge is -2.03. The number of nitrogens with zero attached hydrogens (tertiary/aromatic N) is 2. The number of anilines is 1. The van der Waals surface area contributed by atoms with Gasteiger partial charge < -0.3 is 10.6 Å². The summed E-state index contributed by atoms with van der Waals surface area (Å²) >= 11 is 1.35. The Labute approximate surface area is 98.8 Å². The van der Waals surface area contributed by atoms with E-state index in [0.29, 0.717) is 19.0 Å². The number of aryl methyl sites for hydroxylation is 1. The third-order valence-electron chi connectivity index (χ3n) is 2.36. The van der Waals surface area contributed by atoms with Gasteiger partial charge in [0.05, 0.1) is 0 Å². The van der Waals surface area contributed by atoms with Crippen LogP contribution in [0.15, 0.2) is 0 Å². The van der Waals surface area contributed by atoms with E-state index >= 15 is 0 Å². The van der Waals surface area contributed by atoms with Gasteiger partial charge in [-0.2, -0.15) is 4.37 Å². The maximum atomic E-state index is 11.4. The van der Waals surface area contributed by atoms with E-state index in [9.17, 15) is 4.79 Å². The normalized spacial score (nSPS) is 14.8. The second-order valence-corrected chi connectivity index (χ2v) is 4.64. The van der Waals surface area contributed by atoms with Gasteiger partial charge in [0, 0.05) is 37.0 Å². The maximum absolute atomic E-state index is 11.4. The van der Waals surface area contributed by atoms with Crippen molar-refractivity contribution in [1.82, 2.24) is 14.7 Å². The molecule has 1 aliphatic rings. The molecule has 0 aromatic carbocycles. The van der Waals surface area contributed by atoms with Gasteiger partial charge in [0.2, 0.25) is 11.0 Å². The summed E-state index contributed by atoms with van der Waals surface area (Å²) in [6, 6.07) is 0.445. The van der Waals surface area contributed by atoms with Gasteiger partial charge >= 0.3 is 0 Å². The molecule has 2 N–H and O–H groups in total. The summed E-state index contributed by atoms with van der Waals surface area (Å²) in [5.74, 6) is 0.977. The molecule has 1 aromatic rings. The van der Waals surface area contributed by atoms with Crippen LogP contribution in [0, 0.1) is 0 Å². The Hall–Kier alpha value is -1.17. The molecule has 0 spiro atoms. The molecule has 1 amide bonds. The minimum Gasteiger partial charge on any atom is -0.360 e. The number of carbonyl (C=O) groups is 1. The predicted octanol–water partition coefficient (Wildman–Crippen LogP) is 1.18. The first-order chi connectivity index (χ1) is 7.78. The van der Waals surface area contributed by atoms with E-state index in [-0.39, 0.29) is 5.91 Å². The molecular weight excluding hydrogens is 224 g/mol. The van der Waals surface area contributed by atoms with E-state index < -0.39 is 0 Å². The second kappa shape index (κ2) is 5.25. The first kappa shape index (κ1) is 11.3. The molecule has 1 aromatic heterocycles. The van der Waals surface area contributed by atoms with Crippen LogP contribution in [0.3, 0.4) is 0 Å². The van der Waals surface area contributed by atoms with Crippen LogP contribution in [0.4, 0.5) is 5.13 Å². The van der Waals surface area contributed by atoms with E-state index in [1.165, 1.54) is 11.5 Å². The summed E-state index contributed by atoms with van der Waals surface area (Å²) in [5.41, 5.74) is 0. The quantitative estimate of drug-likeness (QED) is 0.783. The van der Waals surface area contributed by atoms with Crippen molar-refractivity contribution in [2.45, 2.75) is 38.6 Å². The summed E-state index contributed by atoms with van der Waals surface area (Å²) in [4.78, 5) is 15.6. The number of rotatable bonds is 6. The molecule has 0 saturated heterocycles. The summed E-state index contributed by atoms with van der Waals surface area (Å²) in [6.07, 6.45) is 3.61. The lowest BCUT2D eigenvalue weighted by molar-refractivity contribution is -0.120. The fraction of sp³-hybridized carbons (Fsp3) is 0.700. The van der Waals surface area contributed by atoms with E-state index in [1.54, 1.807) is 0 Å². The zero-order valence-corrected chi connectivity index (χ0v) is 10.1. The van der Waals surface area contributed by atoms with Crippen LogP contribution in [0.1, 0.15) is 32.0 Å². The first-order valence-electron chi connectivity index (χ1n) is 5.63. The largest absolute Gasteiger partial charge is 0.360 e. The van der Waals surface area contributed by atoms with Crippen molar-refractivity contribution in [3.8, 4) is 0 Å². The highest BCUT2D eigenvalue weighted by atomic mass is 32.1. The topological polar surface area (TPSA) is 66.9 Å². The smallest absolute Gasteiger partial charge is 0.221 e. The van der Waals surface area contributed by atoms with Crippen LogP contribution in [-0.4, -0.2) is 27.9 Å². The van der Waals surface area contributed by atoms with Crippen LogP contribution >= 0.6 is 11.5 Å². The Morgan fingerprint density at radius 3 is 3.00 bits per heavy atom. The predicted molar refractivity (Wildman–Crippen MR) is 63.6 cm³/mol. The van der Waals surface area contributed by atoms with Crippen LogP contribution < -0.4 is 10.6 Å². The Morgan fingerprint density at radius 1 is 1.56 bits per heavy atom. The average molecular weight is 240 g/mol. The zero-order chi connectivity index (χ0) is 11.4. The Balaban J connectivity index is 1.64. The molecular formula is C10H16N4OS. The maximum Gasteiger partial charge on any atom is 0.221 e. The molecule has 5 nitrogen and oxygen atoms in total. The minimum atomic E-state index is 0.121. The van der Waals surface area contributed by atoms with Gasteiger partial charge in [-0.3, -0.25) is 4.79 Å². The van der Waals surface area contributed by atoms with Gasteiger partial charge in [-0.1, -0.05) is 6.92 Å². The SMILES string of the molecule is CCc1nsc(NCCC(=O)NC2CC2)n1. The third kappa shape index (κ3) is 3.44. The van der Waals surface area contributed by atoms with E-state index in [0.717, 1.165) is 30.2 Å². The van der Waals surface area contributed by atoms with Crippen molar-refractivity contribution in [3.63, 3.8) is 0 Å². The molecule has 6 heteroatoms. The molecule has 0 radical (unpaired) electrons. The average Bonchev–Trinajstić information content (AvgIpc) is 2.96. The highest BCUT2D eigenvalue weighted by molar-refractivity contribution is 7.09. The van der Waals surface area contributed by atoms with Gasteiger partial charge in [0.15, 0.2) is 0 Å². The van der Waals surface area contributed by atoms with Crippen LogP contribution in [0.2, 0.25) is 0 Å². The standard InChI is InChI=1S/C10H16N4OS/c1-2-8-13-10(16-14-8)11-6-5-9(15)12-7-3-4-7/h7H,2-6H2,1H3,(H,12,15)(H,11,13,14). The highest BCUT2D eigenvalue weighted by Gasteiger charge is 2.22. The molecule has 0 bridgehead atoms. The Bertz CT molecular complexity index is 361. The number of hydrogen-bond donors (Lipinski definition) is 2. The van der Waals surface area contributed by atoms with Gasteiger partial charge in [-0.25, -0.2) is 4.98 Å². The summed E-state index contributed by atoms with van der Waals surface area (Å²) in [7, 11) is 0. The molecule has 1 heterocycles. The van der Waals surface area contributed by atoms with Crippen LogP contribution in [-0.2, 0) is 11.2 Å². The van der Waals surface area contributed by atoms with E-state index in [1.807, 2.05) is 6.92 Å². The Kier molecular flexibility index (Phi) is 3.71. The van der Waals surface area contributed by atoms with Crippen molar-refractivity contribution < 1.29 is 4.79 Å². The fourth-order valence-electron chi connectivity index (χ4n) is 1.28. The van der Waals surface area contributed by atoms with Crippen molar-refractivity contribution in [3.05, 3.63) is 5.82 Å². The fourth-order valence-corrected chi connectivity index (χ4v) is 1.95. The summed E-state index contributed by atoms with van der Waals surface area (Å²) in [5, 5.41) is 6.85. The van der Waals surface area contributed by atoms with Crippen LogP contribution in [0.5, 0.6) is 0 Å². The van der Waals surface area contributed by atoms with E-state index in [4.69, 9.17) is 0 Å². The van der Waals surface area contributed by atoms with Gasteiger partial charge in [-0.15, -0.1) is 0 Å². The lowest BCUT2D eigenvalue weighted by atomic mass is 10.4. The molecule has 2 rings (SSSR count). The monoisotopic (exact) mass is 240 g/mol. The Morgan fingerprint density at radius 2 is 2.38 bits per heavy atom. The molecule has 0 aliphatic heterocycles. The summed E-state index contributed by atoms with van der Waals surface area (Å²) < 4.78 is 4.16.